The average molecular weight is 302 g/mol. The summed E-state index contributed by atoms with van der Waals surface area (Å²) in [5.41, 5.74) is 1.57. The molecule has 2 atom stereocenters. The van der Waals surface area contributed by atoms with Crippen LogP contribution in [-0.4, -0.2) is 62.3 Å². The molecule has 0 bridgehead atoms. The number of hydrogen-bond donors (Lipinski definition) is 0. The normalized spacial score (nSPS) is 29.5. The van der Waals surface area contributed by atoms with Crippen LogP contribution in [0.25, 0.3) is 0 Å². The fraction of sp³-hybridized carbons (Fsp3) is 0.684. The number of benzene rings is 1. The molecule has 2 aliphatic heterocycles. The lowest BCUT2D eigenvalue weighted by Gasteiger charge is -2.40. The van der Waals surface area contributed by atoms with Crippen molar-refractivity contribution in [1.82, 2.24) is 9.80 Å². The summed E-state index contributed by atoms with van der Waals surface area (Å²) in [6, 6.07) is 10.9. The Morgan fingerprint density at radius 3 is 2.86 bits per heavy atom. The topological polar surface area (TPSA) is 15.7 Å². The van der Waals surface area contributed by atoms with E-state index in [1.807, 2.05) is 0 Å². The van der Waals surface area contributed by atoms with Crippen LogP contribution in [0.5, 0.6) is 0 Å². The summed E-state index contributed by atoms with van der Waals surface area (Å²) >= 11 is 0. The Hall–Kier alpha value is -0.900. The second kappa shape index (κ2) is 7.12. The number of hydrogen-bond acceptors (Lipinski definition) is 3. The molecule has 0 N–H and O–H groups in total. The third-order valence-corrected chi connectivity index (χ3v) is 5.18. The van der Waals surface area contributed by atoms with Gasteiger partial charge in [-0.3, -0.25) is 0 Å². The van der Waals surface area contributed by atoms with Crippen LogP contribution < -0.4 is 0 Å². The van der Waals surface area contributed by atoms with E-state index in [4.69, 9.17) is 4.74 Å². The van der Waals surface area contributed by atoms with Crippen molar-refractivity contribution in [2.45, 2.75) is 37.2 Å². The Kier molecular flexibility index (Phi) is 5.17. The van der Waals surface area contributed by atoms with Crippen LogP contribution in [0.1, 0.15) is 37.2 Å². The van der Waals surface area contributed by atoms with Gasteiger partial charge >= 0.3 is 0 Å². The smallest absolute Gasteiger partial charge is 0.0816 e. The standard InChI is InChI=1S/C19H30N2O/c1-20(2)11-7-13-21-12-6-10-19(16-21)14-18(15-22-19)17-8-4-3-5-9-17/h3-5,8-9,18H,6-7,10-16H2,1-2H3. The Labute approximate surface area is 135 Å². The lowest BCUT2D eigenvalue weighted by molar-refractivity contribution is -0.0516. The van der Waals surface area contributed by atoms with Crippen molar-refractivity contribution in [2.24, 2.45) is 0 Å². The minimum atomic E-state index is 0.122. The van der Waals surface area contributed by atoms with Crippen LogP contribution in [-0.2, 0) is 4.74 Å². The molecule has 122 valence electrons. The summed E-state index contributed by atoms with van der Waals surface area (Å²) in [6.45, 7) is 5.66. The SMILES string of the molecule is CN(C)CCCN1CCCC2(CC(c3ccccc3)CO2)C1. The molecule has 2 heterocycles. The number of ether oxygens (including phenoxy) is 1. The van der Waals surface area contributed by atoms with Crippen LogP contribution in [0.15, 0.2) is 30.3 Å². The predicted molar refractivity (Wildman–Crippen MR) is 91.3 cm³/mol. The maximum atomic E-state index is 6.35. The lowest BCUT2D eigenvalue weighted by Crippen LogP contribution is -2.48. The summed E-state index contributed by atoms with van der Waals surface area (Å²) < 4.78 is 6.35. The van der Waals surface area contributed by atoms with Crippen molar-refractivity contribution in [3.63, 3.8) is 0 Å². The third kappa shape index (κ3) is 3.89. The van der Waals surface area contributed by atoms with Crippen molar-refractivity contribution in [1.29, 1.82) is 0 Å². The molecule has 0 saturated carbocycles. The van der Waals surface area contributed by atoms with Crippen molar-refractivity contribution in [3.05, 3.63) is 35.9 Å². The summed E-state index contributed by atoms with van der Waals surface area (Å²) in [6.07, 6.45) is 4.97. The highest BCUT2D eigenvalue weighted by Crippen LogP contribution is 2.41. The molecule has 3 nitrogen and oxygen atoms in total. The second-order valence-corrected chi connectivity index (χ2v) is 7.34. The zero-order chi connectivity index (χ0) is 15.4. The minimum absolute atomic E-state index is 0.122. The van der Waals surface area contributed by atoms with Crippen molar-refractivity contribution < 1.29 is 4.74 Å². The van der Waals surface area contributed by atoms with Gasteiger partial charge in [0.1, 0.15) is 0 Å². The fourth-order valence-corrected chi connectivity index (χ4v) is 4.06. The van der Waals surface area contributed by atoms with Crippen molar-refractivity contribution in [3.8, 4) is 0 Å². The molecular weight excluding hydrogens is 272 g/mol. The average Bonchev–Trinajstić information content (AvgIpc) is 2.91. The van der Waals surface area contributed by atoms with E-state index < -0.39 is 0 Å². The molecule has 1 spiro atoms. The van der Waals surface area contributed by atoms with Gasteiger partial charge in [0.25, 0.3) is 0 Å². The first-order valence-corrected chi connectivity index (χ1v) is 8.73. The van der Waals surface area contributed by atoms with Crippen molar-refractivity contribution >= 4 is 0 Å². The minimum Gasteiger partial charge on any atom is -0.373 e. The van der Waals surface area contributed by atoms with E-state index in [0.717, 1.165) is 13.2 Å². The molecule has 0 amide bonds. The molecule has 3 heteroatoms. The maximum Gasteiger partial charge on any atom is 0.0816 e. The van der Waals surface area contributed by atoms with Crippen LogP contribution in [0, 0.1) is 0 Å². The highest BCUT2D eigenvalue weighted by Gasteiger charge is 2.43. The van der Waals surface area contributed by atoms with Gasteiger partial charge < -0.3 is 14.5 Å². The predicted octanol–water partition coefficient (Wildman–Crippen LogP) is 2.98. The van der Waals surface area contributed by atoms with Gasteiger partial charge in [-0.05, 0) is 65.0 Å². The van der Waals surface area contributed by atoms with Crippen LogP contribution in [0.4, 0.5) is 0 Å². The summed E-state index contributed by atoms with van der Waals surface area (Å²) in [7, 11) is 4.31. The molecule has 0 radical (unpaired) electrons. The number of rotatable bonds is 5. The van der Waals surface area contributed by atoms with Crippen LogP contribution in [0.3, 0.4) is 0 Å². The van der Waals surface area contributed by atoms with E-state index in [1.54, 1.807) is 0 Å². The molecule has 3 rings (SSSR count). The molecule has 2 unspecified atom stereocenters. The zero-order valence-electron chi connectivity index (χ0n) is 14.1. The van der Waals surface area contributed by atoms with E-state index >= 15 is 0 Å². The van der Waals surface area contributed by atoms with E-state index in [2.05, 4.69) is 54.2 Å². The molecule has 0 aliphatic carbocycles. The largest absolute Gasteiger partial charge is 0.373 e. The third-order valence-electron chi connectivity index (χ3n) is 5.18. The molecule has 2 saturated heterocycles. The highest BCUT2D eigenvalue weighted by atomic mass is 16.5. The molecule has 1 aromatic carbocycles. The van der Waals surface area contributed by atoms with Gasteiger partial charge in [-0.25, -0.2) is 0 Å². The maximum absolute atomic E-state index is 6.35. The van der Waals surface area contributed by atoms with Gasteiger partial charge in [0.05, 0.1) is 12.2 Å². The molecule has 0 aromatic heterocycles. The van der Waals surface area contributed by atoms with E-state index in [-0.39, 0.29) is 5.60 Å². The lowest BCUT2D eigenvalue weighted by atomic mass is 9.84. The van der Waals surface area contributed by atoms with E-state index in [9.17, 15) is 0 Å². The first-order valence-electron chi connectivity index (χ1n) is 8.73. The van der Waals surface area contributed by atoms with Crippen molar-refractivity contribution in [2.75, 3.05) is 46.9 Å². The van der Waals surface area contributed by atoms with Gasteiger partial charge in [-0.2, -0.15) is 0 Å². The Morgan fingerprint density at radius 2 is 2.09 bits per heavy atom. The molecule has 2 aliphatic rings. The molecule has 1 aromatic rings. The molecule has 2 fully saturated rings. The van der Waals surface area contributed by atoms with Crippen LogP contribution >= 0.6 is 0 Å². The van der Waals surface area contributed by atoms with Crippen LogP contribution in [0.2, 0.25) is 0 Å². The summed E-state index contributed by atoms with van der Waals surface area (Å²) in [4.78, 5) is 4.90. The fourth-order valence-electron chi connectivity index (χ4n) is 4.06. The first kappa shape index (κ1) is 16.0. The monoisotopic (exact) mass is 302 g/mol. The highest BCUT2D eigenvalue weighted by molar-refractivity contribution is 5.22. The Balaban J connectivity index is 1.55. The second-order valence-electron chi connectivity index (χ2n) is 7.34. The quantitative estimate of drug-likeness (QED) is 0.831. The number of nitrogens with zero attached hydrogens (tertiary/aromatic N) is 2. The number of likely N-dealkylation sites (tertiary alicyclic amines) is 1. The van der Waals surface area contributed by atoms with Gasteiger partial charge in [0.15, 0.2) is 0 Å². The van der Waals surface area contributed by atoms with Gasteiger partial charge in [0, 0.05) is 12.5 Å². The zero-order valence-corrected chi connectivity index (χ0v) is 14.1. The molecular formula is C19H30N2O. The molecule has 22 heavy (non-hydrogen) atoms. The van der Waals surface area contributed by atoms with E-state index in [1.165, 1.54) is 50.9 Å². The summed E-state index contributed by atoms with van der Waals surface area (Å²) in [5, 5.41) is 0. The van der Waals surface area contributed by atoms with Gasteiger partial charge in [-0.15, -0.1) is 0 Å². The van der Waals surface area contributed by atoms with E-state index in [0.29, 0.717) is 5.92 Å². The first-order chi connectivity index (χ1) is 10.7. The van der Waals surface area contributed by atoms with Gasteiger partial charge in [0.2, 0.25) is 0 Å². The Bertz CT molecular complexity index is 462. The number of piperidine rings is 1. The van der Waals surface area contributed by atoms with Gasteiger partial charge in [-0.1, -0.05) is 30.3 Å². The Morgan fingerprint density at radius 1 is 1.27 bits per heavy atom. The summed E-state index contributed by atoms with van der Waals surface area (Å²) in [5.74, 6) is 0.586.